The Kier molecular flexibility index (Phi) is 4.94. The van der Waals surface area contributed by atoms with Crippen LogP contribution >= 0.6 is 0 Å². The van der Waals surface area contributed by atoms with Crippen LogP contribution < -0.4 is 4.74 Å². The summed E-state index contributed by atoms with van der Waals surface area (Å²) < 4.78 is 7.94. The van der Waals surface area contributed by atoms with Gasteiger partial charge in [0.05, 0.1) is 13.0 Å². The lowest BCUT2D eigenvalue weighted by Gasteiger charge is -2.32. The predicted molar refractivity (Wildman–Crippen MR) is 104 cm³/mol. The maximum absolute atomic E-state index is 12.9. The van der Waals surface area contributed by atoms with Crippen LogP contribution in [0.25, 0.3) is 10.9 Å². The van der Waals surface area contributed by atoms with Gasteiger partial charge in [0.25, 0.3) is 5.88 Å². The lowest BCUT2D eigenvalue weighted by molar-refractivity contribution is -0.133. The van der Waals surface area contributed by atoms with Gasteiger partial charge in [0, 0.05) is 43.1 Å². The van der Waals surface area contributed by atoms with Gasteiger partial charge in [0.2, 0.25) is 11.6 Å². The van der Waals surface area contributed by atoms with Crippen LogP contribution in [0.2, 0.25) is 0 Å². The van der Waals surface area contributed by atoms with E-state index in [1.54, 1.807) is 0 Å². The average molecular weight is 375 g/mol. The zero-order valence-corrected chi connectivity index (χ0v) is 15.7. The van der Waals surface area contributed by atoms with Crippen molar-refractivity contribution in [3.63, 3.8) is 0 Å². The molecule has 1 fully saturated rings. The Morgan fingerprint density at radius 2 is 2.14 bits per heavy atom. The molecule has 1 amide bonds. The second-order valence-corrected chi connectivity index (χ2v) is 7.00. The molecule has 0 unspecified atom stereocenters. The third-order valence-corrected chi connectivity index (χ3v) is 5.10. The molecule has 0 N–H and O–H groups in total. The molecule has 2 aromatic heterocycles. The van der Waals surface area contributed by atoms with E-state index in [1.165, 1.54) is 12.4 Å². The summed E-state index contributed by atoms with van der Waals surface area (Å²) in [4.78, 5) is 22.8. The van der Waals surface area contributed by atoms with Crippen LogP contribution in [-0.2, 0) is 18.3 Å². The van der Waals surface area contributed by atoms with E-state index in [0.29, 0.717) is 13.0 Å². The molecule has 3 heterocycles. The van der Waals surface area contributed by atoms with Gasteiger partial charge < -0.3 is 14.2 Å². The first-order valence-corrected chi connectivity index (χ1v) is 9.34. The Balaban J connectivity index is 1.45. The number of fused-ring (bicyclic) bond motifs is 1. The molecule has 1 saturated heterocycles. The molecule has 0 saturated carbocycles. The van der Waals surface area contributed by atoms with Gasteiger partial charge >= 0.3 is 0 Å². The summed E-state index contributed by atoms with van der Waals surface area (Å²) in [6.07, 6.45) is 6.85. The van der Waals surface area contributed by atoms with E-state index in [1.807, 2.05) is 36.3 Å². The van der Waals surface area contributed by atoms with Crippen molar-refractivity contribution in [1.29, 1.82) is 5.26 Å². The van der Waals surface area contributed by atoms with Gasteiger partial charge in [-0.25, -0.2) is 9.97 Å². The Bertz CT molecular complexity index is 1050. The number of nitriles is 1. The number of piperidine rings is 1. The van der Waals surface area contributed by atoms with Gasteiger partial charge in [-0.1, -0.05) is 18.2 Å². The van der Waals surface area contributed by atoms with Gasteiger partial charge in [-0.3, -0.25) is 4.79 Å². The normalized spacial score (nSPS) is 16.7. The number of aryl methyl sites for hydroxylation is 1. The summed E-state index contributed by atoms with van der Waals surface area (Å²) in [5.41, 5.74) is 2.32. The summed E-state index contributed by atoms with van der Waals surface area (Å²) in [5, 5.41) is 10.3. The van der Waals surface area contributed by atoms with Crippen molar-refractivity contribution < 1.29 is 9.53 Å². The zero-order valence-electron chi connectivity index (χ0n) is 15.7. The molecule has 1 aliphatic heterocycles. The van der Waals surface area contributed by atoms with Crippen molar-refractivity contribution in [2.75, 3.05) is 13.1 Å². The van der Waals surface area contributed by atoms with Gasteiger partial charge in [-0.15, -0.1) is 0 Å². The lowest BCUT2D eigenvalue weighted by atomic mass is 10.1. The number of aromatic nitrogens is 3. The number of para-hydroxylation sites is 1. The van der Waals surface area contributed by atoms with E-state index in [-0.39, 0.29) is 23.6 Å². The molecule has 0 aliphatic carbocycles. The van der Waals surface area contributed by atoms with Gasteiger partial charge in [0.1, 0.15) is 12.2 Å². The molecular weight excluding hydrogens is 354 g/mol. The van der Waals surface area contributed by atoms with E-state index in [0.717, 1.165) is 35.9 Å². The monoisotopic (exact) mass is 375 g/mol. The Labute approximate surface area is 163 Å². The second kappa shape index (κ2) is 7.69. The summed E-state index contributed by atoms with van der Waals surface area (Å²) in [6, 6.07) is 10.1. The number of nitrogens with zero attached hydrogens (tertiary/aromatic N) is 5. The minimum Gasteiger partial charge on any atom is -0.470 e. The second-order valence-electron chi connectivity index (χ2n) is 7.00. The Morgan fingerprint density at radius 3 is 3.00 bits per heavy atom. The lowest BCUT2D eigenvalue weighted by Crippen LogP contribution is -2.45. The van der Waals surface area contributed by atoms with Crippen LogP contribution in [0.3, 0.4) is 0 Å². The highest BCUT2D eigenvalue weighted by Gasteiger charge is 2.26. The molecule has 7 heteroatoms. The fourth-order valence-corrected chi connectivity index (χ4v) is 3.75. The number of carbonyl (C=O) groups excluding carboxylic acids is 1. The van der Waals surface area contributed by atoms with Crippen molar-refractivity contribution in [3.8, 4) is 11.9 Å². The third kappa shape index (κ3) is 3.54. The van der Waals surface area contributed by atoms with Crippen molar-refractivity contribution >= 4 is 16.8 Å². The number of hydrogen-bond acceptors (Lipinski definition) is 5. The molecule has 1 atom stereocenters. The third-order valence-electron chi connectivity index (χ3n) is 5.10. The molecule has 28 heavy (non-hydrogen) atoms. The molecule has 0 radical (unpaired) electrons. The number of ether oxygens (including phenoxy) is 1. The molecule has 0 spiro atoms. The van der Waals surface area contributed by atoms with Crippen LogP contribution in [0, 0.1) is 11.3 Å². The van der Waals surface area contributed by atoms with Crippen LogP contribution in [0.1, 0.15) is 24.1 Å². The van der Waals surface area contributed by atoms with Crippen LogP contribution in [-0.4, -0.2) is 44.5 Å². The number of rotatable bonds is 4. The topological polar surface area (TPSA) is 84.0 Å². The van der Waals surface area contributed by atoms with Crippen LogP contribution in [0.15, 0.2) is 42.9 Å². The summed E-state index contributed by atoms with van der Waals surface area (Å²) in [6.45, 7) is 1.21. The fourth-order valence-electron chi connectivity index (χ4n) is 3.75. The van der Waals surface area contributed by atoms with E-state index in [2.05, 4.69) is 26.7 Å². The first kappa shape index (κ1) is 18.0. The predicted octanol–water partition coefficient (Wildman–Crippen LogP) is 2.45. The van der Waals surface area contributed by atoms with Crippen molar-refractivity contribution in [2.45, 2.75) is 25.4 Å². The average Bonchev–Trinajstić information content (AvgIpc) is 3.04. The van der Waals surface area contributed by atoms with E-state index >= 15 is 0 Å². The van der Waals surface area contributed by atoms with E-state index < -0.39 is 0 Å². The van der Waals surface area contributed by atoms with Gasteiger partial charge in [-0.2, -0.15) is 5.26 Å². The van der Waals surface area contributed by atoms with Crippen molar-refractivity contribution in [3.05, 3.63) is 54.1 Å². The van der Waals surface area contributed by atoms with Crippen molar-refractivity contribution in [1.82, 2.24) is 19.4 Å². The first-order chi connectivity index (χ1) is 13.7. The molecule has 7 nitrogen and oxygen atoms in total. The maximum atomic E-state index is 12.9. The highest BCUT2D eigenvalue weighted by atomic mass is 16.5. The molecular formula is C21H21N5O2. The largest absolute Gasteiger partial charge is 0.470 e. The molecule has 0 bridgehead atoms. The molecule has 142 valence electrons. The maximum Gasteiger partial charge on any atom is 0.251 e. The number of benzene rings is 1. The summed E-state index contributed by atoms with van der Waals surface area (Å²) in [7, 11) is 1.99. The smallest absolute Gasteiger partial charge is 0.251 e. The summed E-state index contributed by atoms with van der Waals surface area (Å²) >= 11 is 0. The zero-order chi connectivity index (χ0) is 19.5. The molecule has 4 rings (SSSR count). The quantitative estimate of drug-likeness (QED) is 0.699. The minimum atomic E-state index is -0.186. The van der Waals surface area contributed by atoms with E-state index in [9.17, 15) is 4.79 Å². The number of likely N-dealkylation sites (tertiary alicyclic amines) is 1. The highest BCUT2D eigenvalue weighted by Crippen LogP contribution is 2.23. The van der Waals surface area contributed by atoms with E-state index in [4.69, 9.17) is 10.00 Å². The number of carbonyl (C=O) groups is 1. The molecule has 3 aromatic rings. The molecule has 1 aliphatic rings. The van der Waals surface area contributed by atoms with Gasteiger partial charge in [0.15, 0.2) is 0 Å². The minimum absolute atomic E-state index is 0.0873. The van der Waals surface area contributed by atoms with Crippen molar-refractivity contribution in [2.24, 2.45) is 7.05 Å². The SMILES string of the molecule is Cn1cc(CC(=O)N2CCC[C@@H](Oc3nccnc3C#N)C2)c2ccccc21. The van der Waals surface area contributed by atoms with Crippen LogP contribution in [0.4, 0.5) is 0 Å². The first-order valence-electron chi connectivity index (χ1n) is 9.34. The Hall–Kier alpha value is -3.40. The standard InChI is InChI=1S/C21H21N5O2/c1-25-13-15(17-6-2-3-7-19(17)25)11-20(27)26-10-4-5-16(14-26)28-21-18(12-22)23-8-9-24-21/h2-3,6-9,13,16H,4-5,10-11,14H2,1H3/t16-/m1/s1. The highest BCUT2D eigenvalue weighted by molar-refractivity contribution is 5.89. The summed E-state index contributed by atoms with van der Waals surface area (Å²) in [5.74, 6) is 0.322. The number of hydrogen-bond donors (Lipinski definition) is 0. The fraction of sp³-hybridized carbons (Fsp3) is 0.333. The molecule has 1 aromatic carbocycles. The van der Waals surface area contributed by atoms with Crippen LogP contribution in [0.5, 0.6) is 5.88 Å². The Morgan fingerprint density at radius 1 is 1.32 bits per heavy atom. The van der Waals surface area contributed by atoms with Gasteiger partial charge in [-0.05, 0) is 24.5 Å². The number of amides is 1.